The molecule has 33 heavy (non-hydrogen) atoms. The van der Waals surface area contributed by atoms with Gasteiger partial charge in [-0.2, -0.15) is 0 Å². The molecule has 1 amide bonds. The summed E-state index contributed by atoms with van der Waals surface area (Å²) in [6.07, 6.45) is 0. The normalized spacial score (nSPS) is 17.4. The lowest BCUT2D eigenvalue weighted by Gasteiger charge is -2.25. The van der Waals surface area contributed by atoms with E-state index in [0.29, 0.717) is 23.5 Å². The molecule has 2 aromatic carbocycles. The van der Waals surface area contributed by atoms with Crippen molar-refractivity contribution in [1.82, 2.24) is 4.90 Å². The summed E-state index contributed by atoms with van der Waals surface area (Å²) < 4.78 is 10.6. The second-order valence-electron chi connectivity index (χ2n) is 7.14. The van der Waals surface area contributed by atoms with Gasteiger partial charge in [0.05, 0.1) is 43.0 Å². The molecule has 0 saturated carbocycles. The van der Waals surface area contributed by atoms with E-state index < -0.39 is 28.4 Å². The molecular weight excluding hydrogens is 432 g/mol. The fourth-order valence-corrected chi connectivity index (χ4v) is 3.63. The van der Waals surface area contributed by atoms with Crippen LogP contribution in [0.3, 0.4) is 0 Å². The van der Waals surface area contributed by atoms with Crippen molar-refractivity contribution in [1.29, 1.82) is 0 Å². The van der Waals surface area contributed by atoms with Gasteiger partial charge in [-0.15, -0.1) is 0 Å². The lowest BCUT2D eigenvalue weighted by Crippen LogP contribution is -2.33. The van der Waals surface area contributed by atoms with E-state index in [1.165, 1.54) is 23.1 Å². The van der Waals surface area contributed by atoms with Gasteiger partial charge < -0.3 is 24.6 Å². The summed E-state index contributed by atoms with van der Waals surface area (Å²) >= 11 is 0. The average molecular weight is 456 g/mol. The quantitative estimate of drug-likeness (QED) is 0.139. The minimum atomic E-state index is -1.05. The molecule has 0 spiro atoms. The Morgan fingerprint density at radius 2 is 1.88 bits per heavy atom. The van der Waals surface area contributed by atoms with Crippen molar-refractivity contribution in [3.63, 3.8) is 0 Å². The minimum absolute atomic E-state index is 0.0159. The molecule has 174 valence electrons. The van der Waals surface area contributed by atoms with Gasteiger partial charge in [-0.3, -0.25) is 19.7 Å². The molecule has 10 nitrogen and oxygen atoms in total. The third kappa shape index (κ3) is 5.18. The van der Waals surface area contributed by atoms with Crippen LogP contribution in [0.2, 0.25) is 0 Å². The molecule has 10 heteroatoms. The highest BCUT2D eigenvalue weighted by molar-refractivity contribution is 6.46. The van der Waals surface area contributed by atoms with Crippen molar-refractivity contribution in [2.24, 2.45) is 0 Å². The fourth-order valence-electron chi connectivity index (χ4n) is 3.63. The first-order chi connectivity index (χ1) is 15.9. The number of nitrogens with zero attached hydrogens (tertiary/aromatic N) is 2. The minimum Gasteiger partial charge on any atom is -0.507 e. The second-order valence-corrected chi connectivity index (χ2v) is 7.14. The van der Waals surface area contributed by atoms with Crippen LogP contribution in [0.1, 0.15) is 24.1 Å². The number of benzene rings is 2. The van der Waals surface area contributed by atoms with Crippen molar-refractivity contribution >= 4 is 23.1 Å². The summed E-state index contributed by atoms with van der Waals surface area (Å²) in [6.45, 7) is 2.16. The molecule has 0 aliphatic carbocycles. The van der Waals surface area contributed by atoms with Crippen molar-refractivity contribution in [3.05, 3.63) is 75.3 Å². The van der Waals surface area contributed by atoms with E-state index in [-0.39, 0.29) is 37.6 Å². The average Bonchev–Trinajstić information content (AvgIpc) is 3.07. The molecule has 1 heterocycles. The summed E-state index contributed by atoms with van der Waals surface area (Å²) in [5, 5.41) is 31.2. The largest absolute Gasteiger partial charge is 0.507 e. The van der Waals surface area contributed by atoms with Crippen LogP contribution in [0.4, 0.5) is 5.69 Å². The van der Waals surface area contributed by atoms with Crippen LogP contribution in [0.15, 0.2) is 54.1 Å². The fraction of sp³-hybridized carbons (Fsp3) is 0.304. The maximum absolute atomic E-state index is 12.9. The highest BCUT2D eigenvalue weighted by Crippen LogP contribution is 2.40. The summed E-state index contributed by atoms with van der Waals surface area (Å²) in [6, 6.07) is 10.9. The summed E-state index contributed by atoms with van der Waals surface area (Å²) in [7, 11) is 0. The van der Waals surface area contributed by atoms with Crippen LogP contribution in [-0.2, 0) is 14.3 Å². The third-order valence-corrected chi connectivity index (χ3v) is 5.09. The number of ether oxygens (including phenoxy) is 2. The number of nitro groups is 1. The van der Waals surface area contributed by atoms with Gasteiger partial charge in [0.2, 0.25) is 0 Å². The number of rotatable bonds is 10. The van der Waals surface area contributed by atoms with E-state index in [4.69, 9.17) is 14.6 Å². The number of non-ortho nitro benzene ring substituents is 1. The number of hydrogen-bond donors (Lipinski definition) is 2. The number of carbonyl (C=O) groups excluding carboxylic acids is 2. The van der Waals surface area contributed by atoms with Crippen LogP contribution in [0, 0.1) is 10.1 Å². The van der Waals surface area contributed by atoms with Crippen molar-refractivity contribution < 1.29 is 34.2 Å². The summed E-state index contributed by atoms with van der Waals surface area (Å²) in [5.74, 6) is -1.58. The zero-order chi connectivity index (χ0) is 24.0. The number of hydrogen-bond acceptors (Lipinski definition) is 8. The van der Waals surface area contributed by atoms with Gasteiger partial charge in [0.25, 0.3) is 17.4 Å². The van der Waals surface area contributed by atoms with Crippen molar-refractivity contribution in [2.75, 3.05) is 33.0 Å². The van der Waals surface area contributed by atoms with E-state index in [9.17, 15) is 24.8 Å². The zero-order valence-electron chi connectivity index (χ0n) is 18.0. The van der Waals surface area contributed by atoms with Gasteiger partial charge in [-0.25, -0.2) is 0 Å². The lowest BCUT2D eigenvalue weighted by atomic mass is 9.95. The Morgan fingerprint density at radius 1 is 1.15 bits per heavy atom. The Labute approximate surface area is 189 Å². The van der Waals surface area contributed by atoms with E-state index >= 15 is 0 Å². The van der Waals surface area contributed by atoms with Crippen LogP contribution in [-0.4, -0.2) is 64.7 Å². The zero-order valence-corrected chi connectivity index (χ0v) is 18.0. The molecule has 2 aromatic rings. The number of aliphatic hydroxyl groups excluding tert-OH is 2. The highest BCUT2D eigenvalue weighted by Gasteiger charge is 2.46. The standard InChI is InChI=1S/C23H24N2O8/c1-2-33-18-8-6-15(7-9-18)21(27)19-20(16-4-3-5-17(14-16)25(30)31)24(23(29)22(19)28)10-12-32-13-11-26/h3-9,14,20,26-27H,2,10-13H2,1H3/b21-19+. The topological polar surface area (TPSA) is 139 Å². The van der Waals surface area contributed by atoms with E-state index in [1.807, 2.05) is 6.92 Å². The number of Topliss-reactive ketones (excluding diaryl/α,β-unsaturated/α-hetero) is 1. The summed E-state index contributed by atoms with van der Waals surface area (Å²) in [5.41, 5.74) is 0.212. The van der Waals surface area contributed by atoms with Gasteiger partial charge in [-0.05, 0) is 36.8 Å². The predicted octanol–water partition coefficient (Wildman–Crippen LogP) is 2.42. The van der Waals surface area contributed by atoms with Crippen LogP contribution in [0.5, 0.6) is 5.75 Å². The summed E-state index contributed by atoms with van der Waals surface area (Å²) in [4.78, 5) is 37.7. The molecule has 1 atom stereocenters. The number of likely N-dealkylation sites (tertiary alicyclic amines) is 1. The smallest absolute Gasteiger partial charge is 0.295 e. The molecule has 1 aliphatic rings. The first-order valence-corrected chi connectivity index (χ1v) is 10.3. The van der Waals surface area contributed by atoms with Crippen LogP contribution in [0.25, 0.3) is 5.76 Å². The van der Waals surface area contributed by atoms with Gasteiger partial charge in [0, 0.05) is 24.2 Å². The molecule has 0 radical (unpaired) electrons. The predicted molar refractivity (Wildman–Crippen MR) is 118 cm³/mol. The molecule has 1 fully saturated rings. The van der Waals surface area contributed by atoms with Gasteiger partial charge >= 0.3 is 0 Å². The Morgan fingerprint density at radius 3 is 2.52 bits per heavy atom. The van der Waals surface area contributed by atoms with Gasteiger partial charge in [-0.1, -0.05) is 12.1 Å². The van der Waals surface area contributed by atoms with E-state index in [0.717, 1.165) is 0 Å². The Kier molecular flexibility index (Phi) is 7.75. The first kappa shape index (κ1) is 23.9. The number of ketones is 1. The third-order valence-electron chi connectivity index (χ3n) is 5.09. The van der Waals surface area contributed by atoms with Crippen molar-refractivity contribution in [3.8, 4) is 5.75 Å². The maximum Gasteiger partial charge on any atom is 0.295 e. The van der Waals surface area contributed by atoms with Gasteiger partial charge in [0.15, 0.2) is 0 Å². The van der Waals surface area contributed by atoms with E-state index in [2.05, 4.69) is 0 Å². The molecule has 2 N–H and O–H groups in total. The second kappa shape index (κ2) is 10.7. The first-order valence-electron chi connectivity index (χ1n) is 10.3. The SMILES string of the molecule is CCOc1ccc(/C(O)=C2\C(=O)C(=O)N(CCOCCO)C2c2cccc([N+](=O)[O-])c2)cc1. The molecule has 1 unspecified atom stereocenters. The highest BCUT2D eigenvalue weighted by atomic mass is 16.6. The Balaban J connectivity index is 2.08. The molecule has 0 bridgehead atoms. The van der Waals surface area contributed by atoms with E-state index in [1.54, 1.807) is 30.3 Å². The molecule has 0 aromatic heterocycles. The molecule has 3 rings (SSSR count). The Bertz CT molecular complexity index is 1060. The lowest BCUT2D eigenvalue weighted by molar-refractivity contribution is -0.384. The van der Waals surface area contributed by atoms with Crippen LogP contribution >= 0.6 is 0 Å². The molecular formula is C23H24N2O8. The van der Waals surface area contributed by atoms with Crippen molar-refractivity contribution in [2.45, 2.75) is 13.0 Å². The number of amides is 1. The van der Waals surface area contributed by atoms with Gasteiger partial charge in [0.1, 0.15) is 11.5 Å². The molecule has 1 aliphatic heterocycles. The number of aliphatic hydroxyl groups is 2. The number of nitro benzene ring substituents is 1. The Hall–Kier alpha value is -3.76. The number of carbonyl (C=O) groups is 2. The molecule has 1 saturated heterocycles. The van der Waals surface area contributed by atoms with Crippen LogP contribution < -0.4 is 4.74 Å². The maximum atomic E-state index is 12.9. The monoisotopic (exact) mass is 456 g/mol.